The molecule has 88 valence electrons. The van der Waals surface area contributed by atoms with Crippen LogP contribution in [0.3, 0.4) is 0 Å². The van der Waals surface area contributed by atoms with Crippen LogP contribution in [0, 0.1) is 13.8 Å². The van der Waals surface area contributed by atoms with E-state index in [4.69, 9.17) is 8.94 Å². The number of anilines is 1. The molecule has 2 rings (SSSR count). The van der Waals surface area contributed by atoms with Crippen molar-refractivity contribution < 1.29 is 13.7 Å². The first-order valence-corrected chi connectivity index (χ1v) is 5.12. The van der Waals surface area contributed by atoms with E-state index in [0.29, 0.717) is 17.3 Å². The van der Waals surface area contributed by atoms with Gasteiger partial charge in [0.1, 0.15) is 17.3 Å². The zero-order chi connectivity index (χ0) is 12.3. The standard InChI is InChI=1S/C12H12N2O3/c1-8-3-4-10(16-8)5-6-12(15)13-11-7-9(2)17-14-11/h3-7H,1-2H3,(H,13,14,15). The Bertz CT molecular complexity index is 552. The Balaban J connectivity index is 1.95. The van der Waals surface area contributed by atoms with Gasteiger partial charge in [-0.15, -0.1) is 0 Å². The first-order valence-electron chi connectivity index (χ1n) is 5.12. The molecule has 0 aliphatic carbocycles. The Morgan fingerprint density at radius 3 is 2.76 bits per heavy atom. The lowest BCUT2D eigenvalue weighted by molar-refractivity contribution is -0.111. The second-order valence-corrected chi connectivity index (χ2v) is 3.59. The summed E-state index contributed by atoms with van der Waals surface area (Å²) < 4.78 is 10.1. The predicted octanol–water partition coefficient (Wildman–Crippen LogP) is 2.54. The number of nitrogens with one attached hydrogen (secondary N) is 1. The molecule has 5 nitrogen and oxygen atoms in total. The van der Waals surface area contributed by atoms with Crippen LogP contribution < -0.4 is 5.32 Å². The van der Waals surface area contributed by atoms with Crippen molar-refractivity contribution in [3.63, 3.8) is 0 Å². The van der Waals surface area contributed by atoms with Crippen LogP contribution in [0.1, 0.15) is 17.3 Å². The summed E-state index contributed by atoms with van der Waals surface area (Å²) in [7, 11) is 0. The van der Waals surface area contributed by atoms with E-state index in [9.17, 15) is 4.79 Å². The third-order valence-electron chi connectivity index (χ3n) is 2.04. The molecule has 17 heavy (non-hydrogen) atoms. The van der Waals surface area contributed by atoms with Gasteiger partial charge in [-0.3, -0.25) is 4.79 Å². The van der Waals surface area contributed by atoms with E-state index in [1.807, 2.05) is 13.0 Å². The van der Waals surface area contributed by atoms with Crippen molar-refractivity contribution in [2.75, 3.05) is 5.32 Å². The van der Waals surface area contributed by atoms with Crippen LogP contribution >= 0.6 is 0 Å². The summed E-state index contributed by atoms with van der Waals surface area (Å²) in [6.45, 7) is 3.60. The van der Waals surface area contributed by atoms with Crippen molar-refractivity contribution in [2.24, 2.45) is 0 Å². The Labute approximate surface area is 98.1 Å². The van der Waals surface area contributed by atoms with Gasteiger partial charge in [0.2, 0.25) is 5.91 Å². The molecule has 0 saturated carbocycles. The van der Waals surface area contributed by atoms with Crippen LogP contribution in [0.4, 0.5) is 5.82 Å². The van der Waals surface area contributed by atoms with E-state index in [-0.39, 0.29) is 5.91 Å². The molecule has 0 saturated heterocycles. The molecule has 1 amide bonds. The van der Waals surface area contributed by atoms with Gasteiger partial charge in [-0.05, 0) is 32.1 Å². The SMILES string of the molecule is Cc1cc(NC(=O)C=Cc2ccc(C)o2)no1. The van der Waals surface area contributed by atoms with Crippen LogP contribution in [0.5, 0.6) is 0 Å². The fourth-order valence-corrected chi connectivity index (χ4v) is 1.29. The summed E-state index contributed by atoms with van der Waals surface area (Å²) >= 11 is 0. The minimum absolute atomic E-state index is 0.285. The molecule has 5 heteroatoms. The topological polar surface area (TPSA) is 68.3 Å². The largest absolute Gasteiger partial charge is 0.462 e. The lowest BCUT2D eigenvalue weighted by Gasteiger charge is -1.93. The number of carbonyl (C=O) groups excluding carboxylic acids is 1. The molecule has 0 aliphatic heterocycles. The summed E-state index contributed by atoms with van der Waals surface area (Å²) in [5, 5.41) is 6.22. The summed E-state index contributed by atoms with van der Waals surface area (Å²) in [6, 6.07) is 5.26. The van der Waals surface area contributed by atoms with Crippen LogP contribution in [0.15, 0.2) is 33.2 Å². The minimum Gasteiger partial charge on any atom is -0.462 e. The Kier molecular flexibility index (Phi) is 3.09. The maximum atomic E-state index is 11.5. The lowest BCUT2D eigenvalue weighted by Crippen LogP contribution is -2.07. The van der Waals surface area contributed by atoms with E-state index in [1.165, 1.54) is 6.08 Å². The van der Waals surface area contributed by atoms with Crippen LogP contribution in [-0.2, 0) is 4.79 Å². The summed E-state index contributed by atoms with van der Waals surface area (Å²) in [5.74, 6) is 2.19. The smallest absolute Gasteiger partial charge is 0.249 e. The van der Waals surface area contributed by atoms with Gasteiger partial charge in [0, 0.05) is 12.1 Å². The Hall–Kier alpha value is -2.30. The van der Waals surface area contributed by atoms with Crippen molar-refractivity contribution in [3.05, 3.63) is 41.6 Å². The van der Waals surface area contributed by atoms with Gasteiger partial charge in [0.15, 0.2) is 5.82 Å². The van der Waals surface area contributed by atoms with Gasteiger partial charge in [-0.2, -0.15) is 0 Å². The first-order chi connectivity index (χ1) is 8.13. The van der Waals surface area contributed by atoms with E-state index in [1.54, 1.807) is 25.1 Å². The number of aromatic nitrogens is 1. The van der Waals surface area contributed by atoms with Crippen molar-refractivity contribution in [1.29, 1.82) is 0 Å². The molecule has 0 atom stereocenters. The van der Waals surface area contributed by atoms with E-state index >= 15 is 0 Å². The predicted molar refractivity (Wildman–Crippen MR) is 62.3 cm³/mol. The zero-order valence-electron chi connectivity index (χ0n) is 9.56. The van der Waals surface area contributed by atoms with E-state index in [2.05, 4.69) is 10.5 Å². The summed E-state index contributed by atoms with van der Waals surface area (Å²) in [5.41, 5.74) is 0. The quantitative estimate of drug-likeness (QED) is 0.825. The van der Waals surface area contributed by atoms with Crippen LogP contribution in [0.25, 0.3) is 6.08 Å². The molecule has 0 spiro atoms. The molecule has 0 fully saturated rings. The van der Waals surface area contributed by atoms with Crippen LogP contribution in [0.2, 0.25) is 0 Å². The Morgan fingerprint density at radius 1 is 1.35 bits per heavy atom. The number of carbonyl (C=O) groups is 1. The number of nitrogens with zero attached hydrogens (tertiary/aromatic N) is 1. The average molecular weight is 232 g/mol. The lowest BCUT2D eigenvalue weighted by atomic mass is 10.4. The molecule has 0 aromatic carbocycles. The summed E-state index contributed by atoms with van der Waals surface area (Å²) in [6.07, 6.45) is 2.97. The van der Waals surface area contributed by atoms with E-state index in [0.717, 1.165) is 5.76 Å². The molecule has 0 aliphatic rings. The molecular weight excluding hydrogens is 220 g/mol. The van der Waals surface area contributed by atoms with E-state index < -0.39 is 0 Å². The maximum Gasteiger partial charge on any atom is 0.249 e. The zero-order valence-corrected chi connectivity index (χ0v) is 9.56. The van der Waals surface area contributed by atoms with Crippen molar-refractivity contribution in [3.8, 4) is 0 Å². The average Bonchev–Trinajstić information content (AvgIpc) is 2.85. The second kappa shape index (κ2) is 4.69. The molecule has 2 heterocycles. The second-order valence-electron chi connectivity index (χ2n) is 3.59. The number of rotatable bonds is 3. The van der Waals surface area contributed by atoms with Gasteiger partial charge >= 0.3 is 0 Å². The first kappa shape index (κ1) is 11.2. The number of amides is 1. The molecule has 0 radical (unpaired) electrons. The molecule has 0 unspecified atom stereocenters. The molecule has 2 aromatic heterocycles. The highest BCUT2D eigenvalue weighted by atomic mass is 16.5. The molecule has 1 N–H and O–H groups in total. The van der Waals surface area contributed by atoms with Crippen molar-refractivity contribution >= 4 is 17.8 Å². The Morgan fingerprint density at radius 2 is 2.18 bits per heavy atom. The number of furan rings is 1. The highest BCUT2D eigenvalue weighted by Crippen LogP contribution is 2.09. The fourth-order valence-electron chi connectivity index (χ4n) is 1.29. The summed E-state index contributed by atoms with van der Waals surface area (Å²) in [4.78, 5) is 11.5. The van der Waals surface area contributed by atoms with Gasteiger partial charge in [-0.25, -0.2) is 0 Å². The van der Waals surface area contributed by atoms with Gasteiger partial charge < -0.3 is 14.3 Å². The highest BCUT2D eigenvalue weighted by Gasteiger charge is 2.03. The number of aryl methyl sites for hydroxylation is 2. The number of hydrogen-bond acceptors (Lipinski definition) is 4. The normalized spacial score (nSPS) is 10.9. The van der Waals surface area contributed by atoms with Crippen molar-refractivity contribution in [2.45, 2.75) is 13.8 Å². The monoisotopic (exact) mass is 232 g/mol. The van der Waals surface area contributed by atoms with Gasteiger partial charge in [-0.1, -0.05) is 5.16 Å². The fraction of sp³-hybridized carbons (Fsp3) is 0.167. The van der Waals surface area contributed by atoms with Gasteiger partial charge in [0.05, 0.1) is 0 Å². The van der Waals surface area contributed by atoms with Crippen LogP contribution in [-0.4, -0.2) is 11.1 Å². The van der Waals surface area contributed by atoms with Gasteiger partial charge in [0.25, 0.3) is 0 Å². The third-order valence-corrected chi connectivity index (χ3v) is 2.04. The third kappa shape index (κ3) is 3.07. The van der Waals surface area contributed by atoms with Crippen molar-refractivity contribution in [1.82, 2.24) is 5.16 Å². The highest BCUT2D eigenvalue weighted by molar-refractivity contribution is 6.01. The molecular formula is C12H12N2O3. The number of hydrogen-bond donors (Lipinski definition) is 1. The molecule has 0 bridgehead atoms. The molecule has 2 aromatic rings. The minimum atomic E-state index is -0.285. The maximum absolute atomic E-state index is 11.5.